The van der Waals surface area contributed by atoms with Crippen LogP contribution in [0, 0.1) is 17.2 Å². The number of nitrogens with two attached hydrogens (primary N) is 1. The number of hydrogen-bond acceptors (Lipinski definition) is 4. The topological polar surface area (TPSA) is 88.1 Å². The van der Waals surface area contributed by atoms with Gasteiger partial charge in [-0.1, -0.05) is 12.8 Å². The van der Waals surface area contributed by atoms with Crippen molar-refractivity contribution in [3.8, 4) is 6.07 Å². The minimum absolute atomic E-state index is 0.0337. The molecule has 16 heavy (non-hydrogen) atoms. The predicted molar refractivity (Wildman–Crippen MR) is 59.4 cm³/mol. The second-order valence-corrected chi connectivity index (χ2v) is 4.10. The van der Waals surface area contributed by atoms with E-state index in [-0.39, 0.29) is 18.6 Å². The zero-order valence-electron chi connectivity index (χ0n) is 9.45. The molecule has 0 spiro atoms. The third-order valence-corrected chi connectivity index (χ3v) is 2.83. The molecule has 1 rings (SSSR count). The highest BCUT2D eigenvalue weighted by Gasteiger charge is 2.23. The van der Waals surface area contributed by atoms with Crippen LogP contribution >= 0.6 is 0 Å². The van der Waals surface area contributed by atoms with E-state index in [1.165, 1.54) is 6.42 Å². The largest absolute Gasteiger partial charge is 0.370 e. The second-order valence-electron chi connectivity index (χ2n) is 4.10. The van der Waals surface area contributed by atoms with Crippen LogP contribution in [-0.4, -0.2) is 31.7 Å². The molecule has 1 aliphatic rings. The number of amides is 1. The number of nitrogens with one attached hydrogen (secondary N) is 1. The first-order valence-electron chi connectivity index (χ1n) is 5.73. The van der Waals surface area contributed by atoms with Crippen molar-refractivity contribution >= 4 is 5.91 Å². The molecule has 0 heterocycles. The molecule has 2 unspecified atom stereocenters. The first-order valence-corrected chi connectivity index (χ1v) is 5.73. The van der Waals surface area contributed by atoms with Crippen molar-refractivity contribution in [2.75, 3.05) is 19.8 Å². The number of nitrogens with zero attached hydrogens (tertiary/aromatic N) is 1. The number of hydrogen-bond donors (Lipinski definition) is 2. The third-order valence-electron chi connectivity index (χ3n) is 2.83. The number of nitriles is 1. The Morgan fingerprint density at radius 2 is 2.25 bits per heavy atom. The lowest BCUT2D eigenvalue weighted by molar-refractivity contribution is -0.122. The normalized spacial score (nSPS) is 24.9. The molecule has 5 nitrogen and oxygen atoms in total. The maximum absolute atomic E-state index is 10.4. The highest BCUT2D eigenvalue weighted by Crippen LogP contribution is 2.23. The van der Waals surface area contributed by atoms with E-state index in [0.717, 1.165) is 19.3 Å². The molecule has 1 saturated carbocycles. The number of carbonyl (C=O) groups is 1. The molecule has 0 aromatic carbocycles. The summed E-state index contributed by atoms with van der Waals surface area (Å²) in [7, 11) is 0. The van der Waals surface area contributed by atoms with Gasteiger partial charge < -0.3 is 15.8 Å². The summed E-state index contributed by atoms with van der Waals surface area (Å²) in [5, 5.41) is 12.3. The van der Waals surface area contributed by atoms with Crippen LogP contribution in [0.5, 0.6) is 0 Å². The Morgan fingerprint density at radius 1 is 1.50 bits per heavy atom. The highest BCUT2D eigenvalue weighted by atomic mass is 16.5. The summed E-state index contributed by atoms with van der Waals surface area (Å²) in [6.07, 6.45) is 4.36. The van der Waals surface area contributed by atoms with Crippen molar-refractivity contribution in [1.29, 1.82) is 5.26 Å². The van der Waals surface area contributed by atoms with E-state index >= 15 is 0 Å². The molecule has 0 bridgehead atoms. The first kappa shape index (κ1) is 12.9. The van der Waals surface area contributed by atoms with Crippen LogP contribution in [0.25, 0.3) is 0 Å². The molecule has 0 saturated heterocycles. The Hall–Kier alpha value is -1.12. The maximum atomic E-state index is 10.4. The standard InChI is InChI=1S/C11H19N3O2/c12-7-9-3-1-2-4-10(9)14-5-6-16-8-11(13)15/h9-10,14H,1-6,8H2,(H2,13,15). The average molecular weight is 225 g/mol. The Bertz CT molecular complexity index is 262. The second kappa shape index (κ2) is 7.20. The molecule has 1 aliphatic carbocycles. The minimum atomic E-state index is -0.451. The molecule has 0 aliphatic heterocycles. The number of rotatable bonds is 6. The van der Waals surface area contributed by atoms with Crippen LogP contribution in [0.3, 0.4) is 0 Å². The van der Waals surface area contributed by atoms with Crippen molar-refractivity contribution in [2.45, 2.75) is 31.7 Å². The smallest absolute Gasteiger partial charge is 0.243 e. The van der Waals surface area contributed by atoms with E-state index in [1.54, 1.807) is 0 Å². The Labute approximate surface area is 95.9 Å². The van der Waals surface area contributed by atoms with Gasteiger partial charge in [0.05, 0.1) is 18.6 Å². The van der Waals surface area contributed by atoms with Gasteiger partial charge in [0.15, 0.2) is 0 Å². The van der Waals surface area contributed by atoms with Gasteiger partial charge >= 0.3 is 0 Å². The molecule has 1 amide bonds. The van der Waals surface area contributed by atoms with Crippen LogP contribution < -0.4 is 11.1 Å². The lowest BCUT2D eigenvalue weighted by Crippen LogP contribution is -2.39. The van der Waals surface area contributed by atoms with Crippen LogP contribution in [0.15, 0.2) is 0 Å². The van der Waals surface area contributed by atoms with Gasteiger partial charge in [-0.25, -0.2) is 0 Å². The lowest BCUT2D eigenvalue weighted by Gasteiger charge is -2.27. The van der Waals surface area contributed by atoms with Crippen LogP contribution in [0.2, 0.25) is 0 Å². The molecule has 1 fully saturated rings. The fourth-order valence-corrected chi connectivity index (χ4v) is 2.02. The Balaban J connectivity index is 2.11. The third kappa shape index (κ3) is 4.60. The predicted octanol–water partition coefficient (Wildman–Crippen LogP) is 0.160. The van der Waals surface area contributed by atoms with E-state index in [2.05, 4.69) is 11.4 Å². The van der Waals surface area contributed by atoms with E-state index in [1.807, 2.05) is 0 Å². The van der Waals surface area contributed by atoms with E-state index in [0.29, 0.717) is 13.2 Å². The number of ether oxygens (including phenoxy) is 1. The van der Waals surface area contributed by atoms with Gasteiger partial charge in [-0.05, 0) is 12.8 Å². The summed E-state index contributed by atoms with van der Waals surface area (Å²) >= 11 is 0. The molecular formula is C11H19N3O2. The quantitative estimate of drug-likeness (QED) is 0.630. The van der Waals surface area contributed by atoms with E-state index < -0.39 is 5.91 Å². The van der Waals surface area contributed by atoms with E-state index in [9.17, 15) is 4.79 Å². The van der Waals surface area contributed by atoms with Crippen molar-refractivity contribution in [3.63, 3.8) is 0 Å². The number of carbonyl (C=O) groups excluding carboxylic acids is 1. The zero-order chi connectivity index (χ0) is 11.8. The van der Waals surface area contributed by atoms with Gasteiger partial charge in [-0.15, -0.1) is 0 Å². The van der Waals surface area contributed by atoms with Gasteiger partial charge in [0.2, 0.25) is 5.91 Å². The molecule has 0 radical (unpaired) electrons. The summed E-state index contributed by atoms with van der Waals surface area (Å²) in [6, 6.07) is 2.61. The highest BCUT2D eigenvalue weighted by molar-refractivity contribution is 5.74. The van der Waals surface area contributed by atoms with Crippen molar-refractivity contribution < 1.29 is 9.53 Å². The fraction of sp³-hybridized carbons (Fsp3) is 0.818. The molecule has 5 heteroatoms. The van der Waals surface area contributed by atoms with Crippen LogP contribution in [0.4, 0.5) is 0 Å². The minimum Gasteiger partial charge on any atom is -0.370 e. The SMILES string of the molecule is N#CC1CCCCC1NCCOCC(N)=O. The molecular weight excluding hydrogens is 206 g/mol. The average Bonchev–Trinajstić information content (AvgIpc) is 2.29. The van der Waals surface area contributed by atoms with E-state index in [4.69, 9.17) is 15.7 Å². The van der Waals surface area contributed by atoms with Gasteiger partial charge in [0, 0.05) is 12.6 Å². The maximum Gasteiger partial charge on any atom is 0.243 e. The number of primary amides is 1. The fourth-order valence-electron chi connectivity index (χ4n) is 2.02. The lowest BCUT2D eigenvalue weighted by atomic mass is 9.85. The van der Waals surface area contributed by atoms with Crippen LogP contribution in [0.1, 0.15) is 25.7 Å². The van der Waals surface area contributed by atoms with Gasteiger partial charge in [0.25, 0.3) is 0 Å². The van der Waals surface area contributed by atoms with Crippen molar-refractivity contribution in [1.82, 2.24) is 5.32 Å². The Kier molecular flexibility index (Phi) is 5.83. The summed E-state index contributed by atoms with van der Waals surface area (Å²) in [4.78, 5) is 10.4. The monoisotopic (exact) mass is 225 g/mol. The van der Waals surface area contributed by atoms with Gasteiger partial charge in [0.1, 0.15) is 6.61 Å². The van der Waals surface area contributed by atoms with Crippen LogP contribution in [-0.2, 0) is 9.53 Å². The molecule has 0 aromatic heterocycles. The summed E-state index contributed by atoms with van der Waals surface area (Å²) < 4.78 is 5.04. The molecule has 2 atom stereocenters. The molecule has 0 aromatic rings. The summed E-state index contributed by atoms with van der Waals surface area (Å²) in [6.45, 7) is 1.09. The Morgan fingerprint density at radius 3 is 2.94 bits per heavy atom. The van der Waals surface area contributed by atoms with Gasteiger partial charge in [-0.3, -0.25) is 4.79 Å². The first-order chi connectivity index (χ1) is 7.74. The molecule has 3 N–H and O–H groups in total. The van der Waals surface area contributed by atoms with Crippen molar-refractivity contribution in [2.24, 2.45) is 11.7 Å². The zero-order valence-corrected chi connectivity index (χ0v) is 9.45. The van der Waals surface area contributed by atoms with Gasteiger partial charge in [-0.2, -0.15) is 5.26 Å². The van der Waals surface area contributed by atoms with Crippen molar-refractivity contribution in [3.05, 3.63) is 0 Å². The molecule has 90 valence electrons. The summed E-state index contributed by atoms with van der Waals surface area (Å²) in [5.74, 6) is -0.336. The summed E-state index contributed by atoms with van der Waals surface area (Å²) in [5.41, 5.74) is 4.93.